The van der Waals surface area contributed by atoms with Crippen LogP contribution in [0.25, 0.3) is 0 Å². The van der Waals surface area contributed by atoms with Gasteiger partial charge in [-0.1, -0.05) is 30.3 Å². The average Bonchev–Trinajstić information content (AvgIpc) is 2.65. The zero-order chi connectivity index (χ0) is 19.9. The van der Waals surface area contributed by atoms with Crippen molar-refractivity contribution in [2.24, 2.45) is 0 Å². The molecule has 0 aromatic heterocycles. The van der Waals surface area contributed by atoms with Crippen molar-refractivity contribution < 1.29 is 24.0 Å². The van der Waals surface area contributed by atoms with E-state index >= 15 is 0 Å². The summed E-state index contributed by atoms with van der Waals surface area (Å²) in [6.07, 6.45) is -1.02. The van der Waals surface area contributed by atoms with Crippen LogP contribution in [0.3, 0.4) is 0 Å². The van der Waals surface area contributed by atoms with Crippen LogP contribution < -0.4 is 14.8 Å². The lowest BCUT2D eigenvalue weighted by Gasteiger charge is -2.21. The molecule has 0 saturated heterocycles. The minimum Gasteiger partial charge on any atom is -0.497 e. The molecular formula is C20H28NO5P. The minimum atomic E-state index is -3.47. The maximum absolute atomic E-state index is 12.4. The summed E-state index contributed by atoms with van der Waals surface area (Å²) in [4.78, 5) is 10.2. The first-order valence-corrected chi connectivity index (χ1v) is 10.9. The monoisotopic (exact) mass is 393 g/mol. The van der Waals surface area contributed by atoms with Crippen molar-refractivity contribution in [1.29, 1.82) is 0 Å². The van der Waals surface area contributed by atoms with Gasteiger partial charge in [-0.2, -0.15) is 0 Å². The maximum atomic E-state index is 12.4. The molecule has 0 spiro atoms. The van der Waals surface area contributed by atoms with Gasteiger partial charge < -0.3 is 24.8 Å². The van der Waals surface area contributed by atoms with E-state index in [9.17, 15) is 14.6 Å². The number of nitrogens with one attached hydrogen (secondary N) is 1. The number of hydrogen-bond donors (Lipinski definition) is 3. The summed E-state index contributed by atoms with van der Waals surface area (Å²) in [5.74, 6) is 1.42. The second-order valence-corrected chi connectivity index (χ2v) is 8.94. The lowest BCUT2D eigenvalue weighted by molar-refractivity contribution is 0.186. The van der Waals surface area contributed by atoms with Crippen LogP contribution in [0, 0.1) is 0 Å². The number of ether oxygens (including phenoxy) is 2. The third kappa shape index (κ3) is 6.67. The largest absolute Gasteiger partial charge is 0.497 e. The molecule has 0 radical (unpaired) electrons. The van der Waals surface area contributed by atoms with E-state index in [-0.39, 0.29) is 24.9 Å². The van der Waals surface area contributed by atoms with E-state index in [0.29, 0.717) is 11.5 Å². The molecule has 3 atom stereocenters. The predicted molar refractivity (Wildman–Crippen MR) is 107 cm³/mol. The van der Waals surface area contributed by atoms with Gasteiger partial charge in [-0.25, -0.2) is 0 Å². The van der Waals surface area contributed by atoms with Crippen molar-refractivity contribution >= 4 is 7.37 Å². The van der Waals surface area contributed by atoms with Gasteiger partial charge in [0.2, 0.25) is 7.37 Å². The van der Waals surface area contributed by atoms with E-state index in [1.54, 1.807) is 14.2 Å². The predicted octanol–water partition coefficient (Wildman–Crippen LogP) is 3.19. The van der Waals surface area contributed by atoms with Gasteiger partial charge in [-0.05, 0) is 30.7 Å². The number of hydrogen-bond acceptors (Lipinski definition) is 5. The summed E-state index contributed by atoms with van der Waals surface area (Å²) < 4.78 is 23.1. The standard InChI is InChI=1S/C20H28NO5P/c1-15(19-11-18(25-2)9-10-20(19)26-3)21-12-17(22)14-27(23,24)13-16-7-5-4-6-8-16/h4-11,15,17,21-22H,12-14H2,1-3H3,(H,23,24). The molecule has 0 amide bonds. The van der Waals surface area contributed by atoms with E-state index in [0.717, 1.165) is 11.1 Å². The third-order valence-corrected chi connectivity index (χ3v) is 6.18. The van der Waals surface area contributed by atoms with Gasteiger partial charge in [0.25, 0.3) is 0 Å². The first kappa shape index (κ1) is 21.5. The highest BCUT2D eigenvalue weighted by Gasteiger charge is 2.24. The first-order valence-electron chi connectivity index (χ1n) is 8.82. The topological polar surface area (TPSA) is 88.0 Å². The van der Waals surface area contributed by atoms with Crippen LogP contribution in [0.4, 0.5) is 0 Å². The van der Waals surface area contributed by atoms with E-state index in [4.69, 9.17) is 9.47 Å². The molecule has 7 heteroatoms. The molecule has 2 rings (SSSR count). The lowest BCUT2D eigenvalue weighted by Crippen LogP contribution is -2.31. The van der Waals surface area contributed by atoms with Crippen LogP contribution in [-0.2, 0) is 10.7 Å². The summed E-state index contributed by atoms with van der Waals surface area (Å²) in [6.45, 7) is 2.13. The third-order valence-electron chi connectivity index (χ3n) is 4.33. The number of aliphatic hydroxyl groups excluding tert-OH is 1. The van der Waals surface area contributed by atoms with Crippen LogP contribution in [0.5, 0.6) is 11.5 Å². The van der Waals surface area contributed by atoms with Crippen molar-refractivity contribution in [3.63, 3.8) is 0 Å². The summed E-state index contributed by atoms with van der Waals surface area (Å²) in [5.41, 5.74) is 1.68. The molecule has 2 aromatic carbocycles. The summed E-state index contributed by atoms with van der Waals surface area (Å²) in [5, 5.41) is 13.4. The van der Waals surface area contributed by atoms with Crippen molar-refractivity contribution in [1.82, 2.24) is 5.32 Å². The molecule has 2 aromatic rings. The van der Waals surface area contributed by atoms with Crippen LogP contribution in [-0.4, -0.2) is 43.0 Å². The zero-order valence-corrected chi connectivity index (χ0v) is 16.9. The quantitative estimate of drug-likeness (QED) is 0.538. The van der Waals surface area contributed by atoms with Crippen molar-refractivity contribution in [3.8, 4) is 11.5 Å². The summed E-state index contributed by atoms with van der Waals surface area (Å²) in [7, 11) is -0.273. The van der Waals surface area contributed by atoms with Gasteiger partial charge >= 0.3 is 0 Å². The Hall–Kier alpha value is -1.85. The van der Waals surface area contributed by atoms with Crippen molar-refractivity contribution in [2.75, 3.05) is 26.9 Å². The lowest BCUT2D eigenvalue weighted by atomic mass is 10.1. The molecule has 27 heavy (non-hydrogen) atoms. The Morgan fingerprint density at radius 3 is 2.44 bits per heavy atom. The van der Waals surface area contributed by atoms with Crippen LogP contribution in [0.2, 0.25) is 0 Å². The highest BCUT2D eigenvalue weighted by molar-refractivity contribution is 7.57. The van der Waals surface area contributed by atoms with Crippen LogP contribution >= 0.6 is 7.37 Å². The Bertz CT molecular complexity index is 768. The highest BCUT2D eigenvalue weighted by atomic mass is 31.2. The first-order chi connectivity index (χ1) is 12.8. The van der Waals surface area contributed by atoms with Crippen molar-refractivity contribution in [2.45, 2.75) is 25.2 Å². The second-order valence-electron chi connectivity index (χ2n) is 6.56. The molecule has 0 bridgehead atoms. The smallest absolute Gasteiger partial charge is 0.207 e. The molecule has 0 fully saturated rings. The molecule has 0 saturated carbocycles. The Balaban J connectivity index is 1.93. The Labute approximate surface area is 160 Å². The summed E-state index contributed by atoms with van der Waals surface area (Å²) in [6, 6.07) is 14.5. The second kappa shape index (κ2) is 9.90. The molecule has 3 unspecified atom stereocenters. The Morgan fingerprint density at radius 1 is 1.11 bits per heavy atom. The molecule has 148 valence electrons. The van der Waals surface area contributed by atoms with Gasteiger partial charge in [0, 0.05) is 24.3 Å². The number of aliphatic hydroxyl groups is 1. The fraction of sp³-hybridized carbons (Fsp3) is 0.400. The van der Waals surface area contributed by atoms with Crippen LogP contribution in [0.15, 0.2) is 48.5 Å². The fourth-order valence-corrected chi connectivity index (χ4v) is 4.63. The maximum Gasteiger partial charge on any atom is 0.207 e. The van der Waals surface area contributed by atoms with Gasteiger partial charge in [0.05, 0.1) is 26.5 Å². The van der Waals surface area contributed by atoms with E-state index in [1.165, 1.54) is 0 Å². The number of benzene rings is 2. The molecule has 0 heterocycles. The van der Waals surface area contributed by atoms with Crippen molar-refractivity contribution in [3.05, 3.63) is 59.7 Å². The molecule has 6 nitrogen and oxygen atoms in total. The number of rotatable bonds is 10. The normalized spacial score (nSPS) is 15.6. The van der Waals surface area contributed by atoms with Gasteiger partial charge in [0.15, 0.2) is 0 Å². The number of methoxy groups -OCH3 is 2. The highest BCUT2D eigenvalue weighted by Crippen LogP contribution is 2.44. The van der Waals surface area contributed by atoms with Crippen LogP contribution in [0.1, 0.15) is 24.1 Å². The van der Waals surface area contributed by atoms with Gasteiger partial charge in [-0.15, -0.1) is 0 Å². The SMILES string of the molecule is COc1ccc(OC)c(C(C)NCC(O)CP(=O)(O)Cc2ccccc2)c1. The van der Waals surface area contributed by atoms with Gasteiger partial charge in [0.1, 0.15) is 11.5 Å². The Kier molecular flexibility index (Phi) is 7.87. The van der Waals surface area contributed by atoms with E-state index in [2.05, 4.69) is 5.32 Å². The molecule has 3 N–H and O–H groups in total. The average molecular weight is 393 g/mol. The van der Waals surface area contributed by atoms with Gasteiger partial charge in [-0.3, -0.25) is 4.57 Å². The molecule has 0 aliphatic heterocycles. The minimum absolute atomic E-state index is 0.0597. The Morgan fingerprint density at radius 2 is 1.81 bits per heavy atom. The molecule has 0 aliphatic carbocycles. The van der Waals surface area contributed by atoms with E-state index in [1.807, 2.05) is 55.5 Å². The van der Waals surface area contributed by atoms with E-state index < -0.39 is 13.5 Å². The molecule has 0 aliphatic rings. The summed E-state index contributed by atoms with van der Waals surface area (Å²) >= 11 is 0. The zero-order valence-electron chi connectivity index (χ0n) is 16.0. The molecular weight excluding hydrogens is 365 g/mol. The fourth-order valence-electron chi connectivity index (χ4n) is 2.93.